The van der Waals surface area contributed by atoms with Crippen LogP contribution in [0.1, 0.15) is 29.7 Å². The van der Waals surface area contributed by atoms with Crippen LogP contribution in [0.15, 0.2) is 30.3 Å². The first-order chi connectivity index (χ1) is 14.5. The van der Waals surface area contributed by atoms with Crippen molar-refractivity contribution < 1.29 is 37.3 Å². The summed E-state index contributed by atoms with van der Waals surface area (Å²) in [6.45, 7) is 0.590. The van der Waals surface area contributed by atoms with Gasteiger partial charge in [-0.1, -0.05) is 0 Å². The fourth-order valence-corrected chi connectivity index (χ4v) is 2.42. The first-order valence-electron chi connectivity index (χ1n) is 8.67. The van der Waals surface area contributed by atoms with Crippen LogP contribution in [0.2, 0.25) is 0 Å². The highest BCUT2D eigenvalue weighted by Crippen LogP contribution is 2.24. The maximum Gasteiger partial charge on any atom is 0.300 e. The monoisotopic (exact) mass is 441 g/mol. The van der Waals surface area contributed by atoms with Crippen molar-refractivity contribution in [1.82, 2.24) is 5.32 Å². The topological polar surface area (TPSA) is 135 Å². The van der Waals surface area contributed by atoms with Gasteiger partial charge in [-0.3, -0.25) is 15.0 Å². The molecule has 2 aromatic carbocycles. The van der Waals surface area contributed by atoms with E-state index in [9.17, 15) is 18.0 Å². The second-order valence-corrected chi connectivity index (χ2v) is 6.07. The number of nitrogens with two attached hydrogens (primary N) is 1. The predicted octanol–water partition coefficient (Wildman–Crippen LogP) is 2.49. The summed E-state index contributed by atoms with van der Waals surface area (Å²) in [5, 5.41) is 16.9. The van der Waals surface area contributed by atoms with Crippen molar-refractivity contribution >= 4 is 17.7 Å². The predicted molar refractivity (Wildman–Crippen MR) is 105 cm³/mol. The third-order valence-electron chi connectivity index (χ3n) is 3.86. The zero-order chi connectivity index (χ0) is 23.7. The third kappa shape index (κ3) is 7.30. The number of carbonyl (C=O) groups excluding carboxylic acids is 1. The maximum atomic E-state index is 14.2. The summed E-state index contributed by atoms with van der Waals surface area (Å²) in [6, 6.07) is 5.66. The van der Waals surface area contributed by atoms with Crippen molar-refractivity contribution in [1.29, 1.82) is 5.41 Å². The Morgan fingerprint density at radius 1 is 1.13 bits per heavy atom. The lowest BCUT2D eigenvalue weighted by Crippen LogP contribution is -2.31. The van der Waals surface area contributed by atoms with Crippen LogP contribution in [0.4, 0.5) is 13.2 Å². The van der Waals surface area contributed by atoms with Crippen LogP contribution < -0.4 is 15.8 Å². The van der Waals surface area contributed by atoms with E-state index >= 15 is 0 Å². The Balaban J connectivity index is 0.00000110. The number of rotatable bonds is 7. The van der Waals surface area contributed by atoms with E-state index in [0.717, 1.165) is 25.1 Å². The number of carbonyl (C=O) groups is 2. The number of ether oxygens (including phenoxy) is 2. The molecule has 2 aromatic rings. The number of carboxylic acids is 1. The van der Waals surface area contributed by atoms with Crippen LogP contribution in [-0.2, 0) is 20.9 Å². The summed E-state index contributed by atoms with van der Waals surface area (Å²) in [4.78, 5) is 21.3. The van der Waals surface area contributed by atoms with E-state index in [4.69, 9.17) is 30.5 Å². The molecule has 2 rings (SSSR count). The first-order valence-corrected chi connectivity index (χ1v) is 8.67. The van der Waals surface area contributed by atoms with Gasteiger partial charge < -0.3 is 25.6 Å². The van der Waals surface area contributed by atoms with Gasteiger partial charge in [0.1, 0.15) is 29.0 Å². The minimum Gasteiger partial charge on any atom is -0.497 e. The zero-order valence-corrected chi connectivity index (χ0v) is 17.0. The number of hydrogen-bond donors (Lipinski definition) is 4. The molecule has 168 valence electrons. The molecule has 0 aliphatic rings. The van der Waals surface area contributed by atoms with E-state index < -0.39 is 53.4 Å². The van der Waals surface area contributed by atoms with Gasteiger partial charge in [0.05, 0.1) is 7.11 Å². The molecular weight excluding hydrogens is 419 g/mol. The lowest BCUT2D eigenvalue weighted by atomic mass is 10.1. The Labute approximate surface area is 176 Å². The summed E-state index contributed by atoms with van der Waals surface area (Å²) >= 11 is 0. The van der Waals surface area contributed by atoms with Crippen LogP contribution in [0.3, 0.4) is 0 Å². The Kier molecular flexibility index (Phi) is 9.48. The molecule has 1 atom stereocenters. The molecule has 0 aliphatic carbocycles. The Hall–Kier alpha value is -3.60. The minimum atomic E-state index is -1.32. The molecule has 0 fully saturated rings. The quantitative estimate of drug-likeness (QED) is 0.385. The molecule has 1 amide bonds. The first kappa shape index (κ1) is 25.4. The average Bonchev–Trinajstić information content (AvgIpc) is 2.68. The van der Waals surface area contributed by atoms with E-state index in [1.807, 2.05) is 0 Å². The van der Waals surface area contributed by atoms with Crippen molar-refractivity contribution in [2.75, 3.05) is 14.2 Å². The van der Waals surface area contributed by atoms with Gasteiger partial charge in [0.25, 0.3) is 11.9 Å². The number of nitrogens with one attached hydrogen (secondary N) is 2. The van der Waals surface area contributed by atoms with Crippen LogP contribution in [0.25, 0.3) is 0 Å². The smallest absolute Gasteiger partial charge is 0.300 e. The number of hydrogen-bond acceptors (Lipinski definition) is 5. The molecule has 0 radical (unpaired) electrons. The minimum absolute atomic E-state index is 0.0522. The van der Waals surface area contributed by atoms with Gasteiger partial charge in [-0.15, -0.1) is 0 Å². The summed E-state index contributed by atoms with van der Waals surface area (Å²) < 4.78 is 52.1. The lowest BCUT2D eigenvalue weighted by Gasteiger charge is -2.17. The van der Waals surface area contributed by atoms with E-state index in [1.54, 1.807) is 0 Å². The fourth-order valence-electron chi connectivity index (χ4n) is 2.42. The van der Waals surface area contributed by atoms with E-state index in [-0.39, 0.29) is 16.9 Å². The standard InChI is InChI=1S/C18H18F3N3O3.C2H4O2/c1-26-10-3-4-11(15(21)7-10)16(27-2)18(25)24-8-12-13(19)5-9(17(22)23)6-14(12)20;1-2(3)4/h3-7,16H,8H2,1-2H3,(H3,22,23)(H,24,25);1H3,(H,3,4). The number of aliphatic carboxylic acids is 1. The molecule has 1 unspecified atom stereocenters. The van der Waals surface area contributed by atoms with Crippen LogP contribution >= 0.6 is 0 Å². The second-order valence-electron chi connectivity index (χ2n) is 6.07. The van der Waals surface area contributed by atoms with Gasteiger partial charge in [-0.25, -0.2) is 13.2 Å². The highest BCUT2D eigenvalue weighted by atomic mass is 19.1. The average molecular weight is 441 g/mol. The van der Waals surface area contributed by atoms with Crippen LogP contribution in [0, 0.1) is 22.9 Å². The number of benzene rings is 2. The SMILES string of the molecule is CC(=O)O.COc1ccc(C(OC)C(=O)NCc2c(F)cc(C(=N)N)cc2F)c(F)c1. The van der Waals surface area contributed by atoms with Crippen molar-refractivity contribution in [3.05, 3.63) is 64.5 Å². The number of amidine groups is 1. The maximum absolute atomic E-state index is 14.2. The molecule has 31 heavy (non-hydrogen) atoms. The fraction of sp³-hybridized carbons (Fsp3) is 0.250. The van der Waals surface area contributed by atoms with Gasteiger partial charge in [0, 0.05) is 43.3 Å². The highest BCUT2D eigenvalue weighted by Gasteiger charge is 2.24. The third-order valence-corrected chi connectivity index (χ3v) is 3.86. The van der Waals surface area contributed by atoms with Crippen molar-refractivity contribution in [2.24, 2.45) is 5.73 Å². The Bertz CT molecular complexity index is 942. The van der Waals surface area contributed by atoms with Gasteiger partial charge in [-0.05, 0) is 24.3 Å². The molecule has 0 aromatic heterocycles. The zero-order valence-electron chi connectivity index (χ0n) is 17.0. The number of carboxylic acid groups (broad SMARTS) is 1. The normalized spacial score (nSPS) is 11.0. The number of methoxy groups -OCH3 is 2. The van der Waals surface area contributed by atoms with Crippen molar-refractivity contribution in [2.45, 2.75) is 19.6 Å². The van der Waals surface area contributed by atoms with Crippen molar-refractivity contribution in [3.63, 3.8) is 0 Å². The molecule has 11 heteroatoms. The molecular formula is C20H22F3N3O5. The van der Waals surface area contributed by atoms with E-state index in [0.29, 0.717) is 0 Å². The second kappa shape index (κ2) is 11.6. The van der Waals surface area contributed by atoms with Crippen LogP contribution in [-0.4, -0.2) is 37.0 Å². The molecule has 8 nitrogen and oxygen atoms in total. The van der Waals surface area contributed by atoms with Gasteiger partial charge in [0.2, 0.25) is 0 Å². The van der Waals surface area contributed by atoms with E-state index in [2.05, 4.69) is 5.32 Å². The number of amides is 1. The van der Waals surface area contributed by atoms with Crippen LogP contribution in [0.5, 0.6) is 5.75 Å². The summed E-state index contributed by atoms with van der Waals surface area (Å²) in [5.74, 6) is -4.50. The number of halogens is 3. The molecule has 0 saturated heterocycles. The molecule has 0 spiro atoms. The molecule has 0 heterocycles. The summed E-state index contributed by atoms with van der Waals surface area (Å²) in [6.07, 6.45) is -1.32. The van der Waals surface area contributed by atoms with Crippen molar-refractivity contribution in [3.8, 4) is 5.75 Å². The van der Waals surface area contributed by atoms with Gasteiger partial charge in [-0.2, -0.15) is 0 Å². The van der Waals surface area contributed by atoms with E-state index in [1.165, 1.54) is 26.4 Å². The Morgan fingerprint density at radius 3 is 2.10 bits per heavy atom. The Morgan fingerprint density at radius 2 is 1.68 bits per heavy atom. The summed E-state index contributed by atoms with van der Waals surface area (Å²) in [5.41, 5.74) is 4.61. The lowest BCUT2D eigenvalue weighted by molar-refractivity contribution is -0.134. The molecule has 5 N–H and O–H groups in total. The number of nitrogen functional groups attached to an aromatic ring is 1. The molecule has 0 aliphatic heterocycles. The van der Waals surface area contributed by atoms with Gasteiger partial charge >= 0.3 is 0 Å². The largest absolute Gasteiger partial charge is 0.497 e. The highest BCUT2D eigenvalue weighted by molar-refractivity contribution is 5.95. The molecule has 0 saturated carbocycles. The molecule has 0 bridgehead atoms. The summed E-state index contributed by atoms with van der Waals surface area (Å²) in [7, 11) is 2.58. The van der Waals surface area contributed by atoms with Gasteiger partial charge in [0.15, 0.2) is 6.10 Å².